The fourth-order valence-corrected chi connectivity index (χ4v) is 3.06. The second kappa shape index (κ2) is 4.33. The lowest BCUT2D eigenvalue weighted by molar-refractivity contribution is -0.131. The number of hydrogen-bond donors (Lipinski definition) is 0. The number of hydrogen-bond acceptors (Lipinski definition) is 2. The molecule has 1 saturated heterocycles. The predicted octanol–water partition coefficient (Wildman–Crippen LogP) is 2.69. The molecule has 2 heterocycles. The van der Waals surface area contributed by atoms with Crippen molar-refractivity contribution in [3.8, 4) is 0 Å². The van der Waals surface area contributed by atoms with Gasteiger partial charge in [0.2, 0.25) is 5.91 Å². The Morgan fingerprint density at radius 3 is 2.55 bits per heavy atom. The van der Waals surface area contributed by atoms with Crippen LogP contribution >= 0.6 is 0 Å². The van der Waals surface area contributed by atoms with Crippen LogP contribution in [0.3, 0.4) is 0 Å². The number of amides is 1. The van der Waals surface area contributed by atoms with E-state index in [-0.39, 0.29) is 17.4 Å². The van der Waals surface area contributed by atoms with Crippen LogP contribution in [0.5, 0.6) is 0 Å². The fourth-order valence-electron chi connectivity index (χ4n) is 3.06. The molecule has 0 radical (unpaired) electrons. The molecule has 1 aliphatic rings. The van der Waals surface area contributed by atoms with Crippen molar-refractivity contribution in [3.63, 3.8) is 0 Å². The first-order valence-electron chi connectivity index (χ1n) is 7.10. The lowest BCUT2D eigenvalue weighted by Gasteiger charge is -2.32. The highest BCUT2D eigenvalue weighted by molar-refractivity contribution is 5.81. The largest absolute Gasteiger partial charge is 0.337 e. The van der Waals surface area contributed by atoms with Crippen LogP contribution in [0.2, 0.25) is 0 Å². The van der Waals surface area contributed by atoms with Gasteiger partial charge in [0.05, 0.1) is 11.0 Å². The zero-order chi connectivity index (χ0) is 14.5. The van der Waals surface area contributed by atoms with Gasteiger partial charge in [-0.1, -0.05) is 12.1 Å². The molecule has 0 saturated carbocycles. The molecule has 0 spiro atoms. The monoisotopic (exact) mass is 271 g/mol. The van der Waals surface area contributed by atoms with Gasteiger partial charge in [-0.2, -0.15) is 0 Å². The van der Waals surface area contributed by atoms with Crippen molar-refractivity contribution >= 4 is 16.9 Å². The van der Waals surface area contributed by atoms with Gasteiger partial charge in [-0.15, -0.1) is 0 Å². The summed E-state index contributed by atoms with van der Waals surface area (Å²) in [7, 11) is 2.04. The molecule has 4 heteroatoms. The summed E-state index contributed by atoms with van der Waals surface area (Å²) in [4.78, 5) is 18.9. The van der Waals surface area contributed by atoms with E-state index in [0.29, 0.717) is 6.42 Å². The van der Waals surface area contributed by atoms with Gasteiger partial charge in [0.15, 0.2) is 0 Å². The maximum absolute atomic E-state index is 12.2. The average Bonchev–Trinajstić information content (AvgIpc) is 2.91. The van der Waals surface area contributed by atoms with E-state index in [1.165, 1.54) is 0 Å². The zero-order valence-corrected chi connectivity index (χ0v) is 12.6. The first-order valence-corrected chi connectivity index (χ1v) is 7.10. The van der Waals surface area contributed by atoms with Crippen LogP contribution in [0.1, 0.15) is 38.9 Å². The molecule has 1 fully saturated rings. The molecule has 0 N–H and O–H groups in total. The van der Waals surface area contributed by atoms with E-state index in [1.807, 2.05) is 30.1 Å². The Kier molecular flexibility index (Phi) is 2.85. The predicted molar refractivity (Wildman–Crippen MR) is 79.5 cm³/mol. The Hall–Kier alpha value is -1.84. The van der Waals surface area contributed by atoms with Crippen molar-refractivity contribution < 1.29 is 4.79 Å². The van der Waals surface area contributed by atoms with E-state index in [9.17, 15) is 4.79 Å². The molecule has 1 aromatic carbocycles. The van der Waals surface area contributed by atoms with Crippen molar-refractivity contribution in [2.45, 2.75) is 38.6 Å². The molecule has 3 rings (SSSR count). The number of likely N-dealkylation sites (tertiary alicyclic amines) is 1. The van der Waals surface area contributed by atoms with Crippen LogP contribution in [0.4, 0.5) is 0 Å². The minimum absolute atomic E-state index is 0.115. The third-order valence-electron chi connectivity index (χ3n) is 4.12. The van der Waals surface area contributed by atoms with Gasteiger partial charge in [-0.05, 0) is 32.9 Å². The number of carbonyl (C=O) groups is 1. The number of rotatable bonds is 1. The summed E-state index contributed by atoms with van der Waals surface area (Å²) in [6.45, 7) is 7.02. The average molecular weight is 271 g/mol. The molecule has 0 aliphatic carbocycles. The number of benzene rings is 1. The van der Waals surface area contributed by atoms with E-state index in [2.05, 4.69) is 31.4 Å². The number of imidazole rings is 1. The lowest BCUT2D eigenvalue weighted by Crippen LogP contribution is -2.42. The molecule has 1 aromatic heterocycles. The number of nitrogens with zero attached hydrogens (tertiary/aromatic N) is 3. The molecule has 4 nitrogen and oxygen atoms in total. The van der Waals surface area contributed by atoms with Gasteiger partial charge in [-0.25, -0.2) is 4.98 Å². The van der Waals surface area contributed by atoms with E-state index in [4.69, 9.17) is 4.98 Å². The summed E-state index contributed by atoms with van der Waals surface area (Å²) in [6.07, 6.45) is 0.564. The normalized spacial score (nSPS) is 20.1. The molecule has 0 unspecified atom stereocenters. The number of fused-ring (bicyclic) bond motifs is 1. The van der Waals surface area contributed by atoms with Crippen LogP contribution in [0, 0.1) is 0 Å². The van der Waals surface area contributed by atoms with E-state index >= 15 is 0 Å². The van der Waals surface area contributed by atoms with E-state index in [1.54, 1.807) is 0 Å². The maximum Gasteiger partial charge on any atom is 0.223 e. The molecule has 106 valence electrons. The minimum atomic E-state index is -0.115. The highest BCUT2D eigenvalue weighted by Gasteiger charge is 2.38. The topological polar surface area (TPSA) is 38.1 Å². The molecular formula is C16H21N3O. The number of aromatic nitrogens is 2. The summed E-state index contributed by atoms with van der Waals surface area (Å²) in [5, 5.41) is 0. The summed E-state index contributed by atoms with van der Waals surface area (Å²) >= 11 is 0. The SMILES string of the molecule is Cn1c([C@H]2CC(=O)N(C(C)(C)C)C2)nc2ccccc21. The highest BCUT2D eigenvalue weighted by atomic mass is 16.2. The van der Waals surface area contributed by atoms with Gasteiger partial charge < -0.3 is 9.47 Å². The van der Waals surface area contributed by atoms with Crippen molar-refractivity contribution in [1.82, 2.24) is 14.5 Å². The summed E-state index contributed by atoms with van der Waals surface area (Å²) in [5.41, 5.74) is 2.02. The van der Waals surface area contributed by atoms with Crippen LogP contribution in [-0.4, -0.2) is 32.4 Å². The minimum Gasteiger partial charge on any atom is -0.337 e. The summed E-state index contributed by atoms with van der Waals surface area (Å²) in [5.74, 6) is 1.44. The van der Waals surface area contributed by atoms with Gasteiger partial charge in [0.25, 0.3) is 0 Å². The Morgan fingerprint density at radius 1 is 1.25 bits per heavy atom. The lowest BCUT2D eigenvalue weighted by atomic mass is 10.1. The highest BCUT2D eigenvalue weighted by Crippen LogP contribution is 2.33. The molecule has 0 bridgehead atoms. The van der Waals surface area contributed by atoms with Crippen LogP contribution in [0.25, 0.3) is 11.0 Å². The second-order valence-corrected chi connectivity index (χ2v) is 6.59. The molecule has 20 heavy (non-hydrogen) atoms. The maximum atomic E-state index is 12.2. The van der Waals surface area contributed by atoms with Gasteiger partial charge in [0.1, 0.15) is 5.82 Å². The Morgan fingerprint density at radius 2 is 1.95 bits per heavy atom. The smallest absolute Gasteiger partial charge is 0.223 e. The van der Waals surface area contributed by atoms with Crippen molar-refractivity contribution in [2.24, 2.45) is 7.05 Å². The Labute approximate surface area is 119 Å². The third kappa shape index (κ3) is 1.99. The molecule has 2 aromatic rings. The summed E-state index contributed by atoms with van der Waals surface area (Å²) < 4.78 is 2.12. The van der Waals surface area contributed by atoms with E-state index < -0.39 is 0 Å². The van der Waals surface area contributed by atoms with Crippen LogP contribution in [0.15, 0.2) is 24.3 Å². The van der Waals surface area contributed by atoms with Gasteiger partial charge in [0, 0.05) is 31.5 Å². The second-order valence-electron chi connectivity index (χ2n) is 6.59. The standard InChI is InChI=1S/C16H21N3O/c1-16(2,3)19-10-11(9-14(19)20)15-17-12-7-5-6-8-13(12)18(15)4/h5-8,11H,9-10H2,1-4H3/t11-/m0/s1. The molecular weight excluding hydrogens is 250 g/mol. The van der Waals surface area contributed by atoms with Gasteiger partial charge in [-0.3, -0.25) is 4.79 Å². The number of aryl methyl sites for hydroxylation is 1. The molecule has 1 aliphatic heterocycles. The Bertz CT molecular complexity index is 666. The first kappa shape index (κ1) is 13.2. The van der Waals surface area contributed by atoms with Crippen molar-refractivity contribution in [3.05, 3.63) is 30.1 Å². The fraction of sp³-hybridized carbons (Fsp3) is 0.500. The summed E-state index contributed by atoms with van der Waals surface area (Å²) in [6, 6.07) is 8.12. The first-order chi connectivity index (χ1) is 9.38. The number of para-hydroxylation sites is 2. The molecule has 1 atom stereocenters. The van der Waals surface area contributed by atoms with Crippen LogP contribution in [-0.2, 0) is 11.8 Å². The third-order valence-corrected chi connectivity index (χ3v) is 4.12. The van der Waals surface area contributed by atoms with Gasteiger partial charge >= 0.3 is 0 Å². The number of carbonyl (C=O) groups excluding carboxylic acids is 1. The van der Waals surface area contributed by atoms with Crippen molar-refractivity contribution in [1.29, 1.82) is 0 Å². The zero-order valence-electron chi connectivity index (χ0n) is 12.6. The van der Waals surface area contributed by atoms with Crippen molar-refractivity contribution in [2.75, 3.05) is 6.54 Å². The quantitative estimate of drug-likeness (QED) is 0.800. The molecule has 1 amide bonds. The Balaban J connectivity index is 1.97. The van der Waals surface area contributed by atoms with E-state index in [0.717, 1.165) is 23.4 Å². The van der Waals surface area contributed by atoms with Crippen LogP contribution < -0.4 is 0 Å².